The van der Waals surface area contributed by atoms with Crippen molar-refractivity contribution in [2.75, 3.05) is 33.2 Å². The van der Waals surface area contributed by atoms with Crippen LogP contribution in [0.1, 0.15) is 55.1 Å². The molecule has 186 valence electrons. The van der Waals surface area contributed by atoms with Gasteiger partial charge in [-0.1, -0.05) is 30.3 Å². The maximum Gasteiger partial charge on any atom is 0.222 e. The SMILES string of the molecule is CCn1nc(C)c(CCN(C)C(=O)CCC[C@H]2NC[C@@H]3C[C@@H]2CN(Cc2ccccc2)C3)c1C. The molecule has 2 aliphatic rings. The van der Waals surface area contributed by atoms with Gasteiger partial charge in [-0.2, -0.15) is 5.10 Å². The molecule has 2 aromatic rings. The van der Waals surface area contributed by atoms with Gasteiger partial charge in [-0.3, -0.25) is 14.4 Å². The Kier molecular flexibility index (Phi) is 8.43. The highest BCUT2D eigenvalue weighted by Gasteiger charge is 2.36. The number of piperidine rings is 2. The Hall–Kier alpha value is -2.18. The van der Waals surface area contributed by atoms with Crippen LogP contribution in [0.4, 0.5) is 0 Å². The molecule has 4 rings (SSSR count). The molecule has 2 fully saturated rings. The van der Waals surface area contributed by atoms with E-state index in [1.165, 1.54) is 36.3 Å². The average molecular weight is 466 g/mol. The second-order valence-electron chi connectivity index (χ2n) is 10.5. The van der Waals surface area contributed by atoms with Crippen LogP contribution in [0, 0.1) is 25.7 Å². The first-order valence-electron chi connectivity index (χ1n) is 13.2. The van der Waals surface area contributed by atoms with E-state index >= 15 is 0 Å². The minimum Gasteiger partial charge on any atom is -0.345 e. The number of carbonyl (C=O) groups is 1. The Bertz CT molecular complexity index is 940. The quantitative estimate of drug-likeness (QED) is 0.580. The van der Waals surface area contributed by atoms with Crippen LogP contribution in [-0.2, 0) is 24.3 Å². The van der Waals surface area contributed by atoms with E-state index in [0.717, 1.165) is 57.1 Å². The van der Waals surface area contributed by atoms with Gasteiger partial charge in [0.25, 0.3) is 0 Å². The molecule has 34 heavy (non-hydrogen) atoms. The van der Waals surface area contributed by atoms with Gasteiger partial charge < -0.3 is 10.2 Å². The third-order valence-corrected chi connectivity index (χ3v) is 7.99. The van der Waals surface area contributed by atoms with E-state index in [1.807, 2.05) is 11.9 Å². The summed E-state index contributed by atoms with van der Waals surface area (Å²) in [6.07, 6.45) is 4.92. The van der Waals surface area contributed by atoms with Gasteiger partial charge in [-0.15, -0.1) is 0 Å². The summed E-state index contributed by atoms with van der Waals surface area (Å²) < 4.78 is 2.06. The second kappa shape index (κ2) is 11.5. The topological polar surface area (TPSA) is 53.4 Å². The highest BCUT2D eigenvalue weighted by Crippen LogP contribution is 2.31. The highest BCUT2D eigenvalue weighted by atomic mass is 16.2. The summed E-state index contributed by atoms with van der Waals surface area (Å²) in [5, 5.41) is 8.42. The van der Waals surface area contributed by atoms with Gasteiger partial charge >= 0.3 is 0 Å². The van der Waals surface area contributed by atoms with E-state index < -0.39 is 0 Å². The standard InChI is InChI=1S/C28H43N5O/c1-5-33-22(3)26(21(2)30-33)14-15-31(4)28(34)13-9-12-27-25-16-24(17-29-27)19-32(20-25)18-23-10-7-6-8-11-23/h6-8,10-11,24-25,27,29H,5,9,12-20H2,1-4H3/t24-,25+,27+/m0/s1. The molecular weight excluding hydrogens is 422 g/mol. The molecule has 0 spiro atoms. The summed E-state index contributed by atoms with van der Waals surface area (Å²) in [5.74, 6) is 1.72. The predicted molar refractivity (Wildman–Crippen MR) is 138 cm³/mol. The van der Waals surface area contributed by atoms with Crippen molar-refractivity contribution in [3.63, 3.8) is 0 Å². The molecule has 0 unspecified atom stereocenters. The molecular formula is C28H43N5O. The number of rotatable bonds is 10. The third kappa shape index (κ3) is 6.08. The summed E-state index contributed by atoms with van der Waals surface area (Å²) in [4.78, 5) is 17.3. The lowest BCUT2D eigenvalue weighted by molar-refractivity contribution is -0.130. The summed E-state index contributed by atoms with van der Waals surface area (Å²) in [7, 11) is 1.95. The monoisotopic (exact) mass is 465 g/mol. The molecule has 6 heteroatoms. The molecule has 0 saturated carbocycles. The van der Waals surface area contributed by atoms with Crippen LogP contribution in [0.25, 0.3) is 0 Å². The molecule has 6 nitrogen and oxygen atoms in total. The number of nitrogens with one attached hydrogen (secondary N) is 1. The van der Waals surface area contributed by atoms with Crippen molar-refractivity contribution in [1.29, 1.82) is 0 Å². The number of aromatic nitrogens is 2. The lowest BCUT2D eigenvalue weighted by Crippen LogP contribution is -2.55. The first-order chi connectivity index (χ1) is 16.4. The molecule has 3 heterocycles. The van der Waals surface area contributed by atoms with E-state index in [2.05, 4.69) is 71.1 Å². The molecule has 0 aliphatic carbocycles. The van der Waals surface area contributed by atoms with Gasteiger partial charge in [0.1, 0.15) is 0 Å². The number of hydrogen-bond donors (Lipinski definition) is 1. The van der Waals surface area contributed by atoms with Gasteiger partial charge in [-0.05, 0) is 76.0 Å². The smallest absolute Gasteiger partial charge is 0.222 e. The molecule has 2 aliphatic heterocycles. The Balaban J connectivity index is 1.20. The predicted octanol–water partition coefficient (Wildman–Crippen LogP) is 3.80. The van der Waals surface area contributed by atoms with Crippen LogP contribution in [0.5, 0.6) is 0 Å². The number of benzene rings is 1. The molecule has 3 atom stereocenters. The Labute approximate surface area is 205 Å². The number of fused-ring (bicyclic) bond motifs is 2. The molecule has 1 N–H and O–H groups in total. The van der Waals surface area contributed by atoms with Crippen LogP contribution in [-0.4, -0.2) is 64.8 Å². The van der Waals surface area contributed by atoms with Crippen molar-refractivity contribution in [3.05, 3.63) is 52.8 Å². The Morgan fingerprint density at radius 3 is 2.74 bits per heavy atom. The average Bonchev–Trinajstić information content (AvgIpc) is 3.11. The molecule has 1 amide bonds. The zero-order valence-corrected chi connectivity index (χ0v) is 21.6. The normalized spacial score (nSPS) is 22.6. The number of carbonyl (C=O) groups excluding carboxylic acids is 1. The first-order valence-corrected chi connectivity index (χ1v) is 13.2. The number of likely N-dealkylation sites (N-methyl/N-ethyl adjacent to an activating group) is 1. The van der Waals surface area contributed by atoms with Crippen LogP contribution in [0.15, 0.2) is 30.3 Å². The molecule has 2 saturated heterocycles. The van der Waals surface area contributed by atoms with E-state index in [-0.39, 0.29) is 5.91 Å². The largest absolute Gasteiger partial charge is 0.345 e. The van der Waals surface area contributed by atoms with E-state index in [4.69, 9.17) is 0 Å². The van der Waals surface area contributed by atoms with Crippen LogP contribution in [0.2, 0.25) is 0 Å². The van der Waals surface area contributed by atoms with Crippen molar-refractivity contribution in [2.24, 2.45) is 11.8 Å². The van der Waals surface area contributed by atoms with Crippen molar-refractivity contribution in [1.82, 2.24) is 24.9 Å². The maximum atomic E-state index is 12.8. The number of amides is 1. The van der Waals surface area contributed by atoms with Crippen LogP contribution < -0.4 is 5.32 Å². The maximum absolute atomic E-state index is 12.8. The zero-order chi connectivity index (χ0) is 24.1. The molecule has 1 aromatic heterocycles. The second-order valence-corrected chi connectivity index (χ2v) is 10.5. The fraction of sp³-hybridized carbons (Fsp3) is 0.643. The summed E-state index contributed by atoms with van der Waals surface area (Å²) in [5.41, 5.74) is 5.03. The highest BCUT2D eigenvalue weighted by molar-refractivity contribution is 5.75. The molecule has 0 radical (unpaired) electrons. The Morgan fingerprint density at radius 2 is 2.00 bits per heavy atom. The van der Waals surface area contributed by atoms with Crippen molar-refractivity contribution >= 4 is 5.91 Å². The number of nitrogens with zero attached hydrogens (tertiary/aromatic N) is 4. The zero-order valence-electron chi connectivity index (χ0n) is 21.6. The summed E-state index contributed by atoms with van der Waals surface area (Å²) in [6, 6.07) is 11.4. The third-order valence-electron chi connectivity index (χ3n) is 7.99. The minimum atomic E-state index is 0.265. The van der Waals surface area contributed by atoms with Crippen LogP contribution >= 0.6 is 0 Å². The fourth-order valence-corrected chi connectivity index (χ4v) is 6.05. The lowest BCUT2D eigenvalue weighted by Gasteiger charge is -2.46. The number of aryl methyl sites for hydroxylation is 2. The van der Waals surface area contributed by atoms with Crippen molar-refractivity contribution in [2.45, 2.75) is 72.0 Å². The van der Waals surface area contributed by atoms with Gasteiger partial charge in [0.05, 0.1) is 5.69 Å². The van der Waals surface area contributed by atoms with E-state index in [9.17, 15) is 4.79 Å². The van der Waals surface area contributed by atoms with Crippen molar-refractivity contribution in [3.8, 4) is 0 Å². The van der Waals surface area contributed by atoms with Gasteiger partial charge in [-0.25, -0.2) is 0 Å². The molecule has 2 bridgehead atoms. The first kappa shape index (κ1) is 24.9. The van der Waals surface area contributed by atoms with Gasteiger partial charge in [0, 0.05) is 57.9 Å². The number of hydrogen-bond acceptors (Lipinski definition) is 4. The van der Waals surface area contributed by atoms with Crippen molar-refractivity contribution < 1.29 is 4.79 Å². The van der Waals surface area contributed by atoms with Gasteiger partial charge in [0.15, 0.2) is 0 Å². The van der Waals surface area contributed by atoms with E-state index in [0.29, 0.717) is 18.4 Å². The summed E-state index contributed by atoms with van der Waals surface area (Å²) in [6.45, 7) is 12.5. The van der Waals surface area contributed by atoms with E-state index in [1.54, 1.807) is 0 Å². The lowest BCUT2D eigenvalue weighted by atomic mass is 9.79. The number of likely N-dealkylation sites (tertiary alicyclic amines) is 1. The van der Waals surface area contributed by atoms with Gasteiger partial charge in [0.2, 0.25) is 5.91 Å². The summed E-state index contributed by atoms with van der Waals surface area (Å²) >= 11 is 0. The Morgan fingerprint density at radius 1 is 1.21 bits per heavy atom. The molecule has 1 aromatic carbocycles. The van der Waals surface area contributed by atoms with Crippen LogP contribution in [0.3, 0.4) is 0 Å². The minimum absolute atomic E-state index is 0.265. The fourth-order valence-electron chi connectivity index (χ4n) is 6.05.